The monoisotopic (exact) mass is 340 g/mol. The fourth-order valence-corrected chi connectivity index (χ4v) is 4.57. The zero-order chi connectivity index (χ0) is 17.3. The molecule has 1 saturated carbocycles. The molecule has 0 aromatic carbocycles. The second-order valence-corrected chi connectivity index (χ2v) is 10.1. The van der Waals surface area contributed by atoms with E-state index >= 15 is 0 Å². The molecule has 23 heavy (non-hydrogen) atoms. The molecule has 1 fully saturated rings. The summed E-state index contributed by atoms with van der Waals surface area (Å²) in [5.74, 6) is 0.822. The SMILES string of the molecule is CC(C)(C)c1cc(NC(=O)C(C)(C)[S+]([O-])C2CCCCC2)no1. The van der Waals surface area contributed by atoms with Crippen LogP contribution < -0.4 is 5.32 Å². The van der Waals surface area contributed by atoms with Gasteiger partial charge in [-0.15, -0.1) is 0 Å². The van der Waals surface area contributed by atoms with Crippen molar-refractivity contribution >= 4 is 22.9 Å². The zero-order valence-corrected chi connectivity index (χ0v) is 15.6. The van der Waals surface area contributed by atoms with Gasteiger partial charge in [0.2, 0.25) is 0 Å². The lowest BCUT2D eigenvalue weighted by Crippen LogP contribution is -2.49. The number of hydrogen-bond donors (Lipinski definition) is 1. The molecule has 1 aliphatic rings. The molecule has 0 saturated heterocycles. The van der Waals surface area contributed by atoms with Crippen LogP contribution in [0.15, 0.2) is 10.6 Å². The summed E-state index contributed by atoms with van der Waals surface area (Å²) in [6.45, 7) is 9.54. The second-order valence-electron chi connectivity index (χ2n) is 7.85. The number of rotatable bonds is 4. The van der Waals surface area contributed by atoms with E-state index in [9.17, 15) is 9.35 Å². The molecular formula is C17H28N2O3S. The van der Waals surface area contributed by atoms with E-state index in [2.05, 4.69) is 10.5 Å². The molecule has 2 rings (SSSR count). The predicted molar refractivity (Wildman–Crippen MR) is 92.9 cm³/mol. The molecule has 1 aromatic heterocycles. The molecule has 1 heterocycles. The van der Waals surface area contributed by atoms with Gasteiger partial charge in [-0.3, -0.25) is 4.79 Å². The summed E-state index contributed by atoms with van der Waals surface area (Å²) < 4.78 is 17.2. The van der Waals surface area contributed by atoms with Crippen LogP contribution in [0, 0.1) is 0 Å². The molecule has 1 unspecified atom stereocenters. The first-order valence-corrected chi connectivity index (χ1v) is 9.53. The molecule has 1 aliphatic carbocycles. The van der Waals surface area contributed by atoms with Gasteiger partial charge in [0.05, 0.1) is 0 Å². The molecule has 130 valence electrons. The lowest BCUT2D eigenvalue weighted by Gasteiger charge is -2.34. The van der Waals surface area contributed by atoms with Crippen LogP contribution in [0.2, 0.25) is 0 Å². The minimum absolute atomic E-state index is 0.118. The number of aromatic nitrogens is 1. The van der Waals surface area contributed by atoms with Gasteiger partial charge in [-0.25, -0.2) is 0 Å². The molecule has 5 nitrogen and oxygen atoms in total. The Morgan fingerprint density at radius 3 is 2.39 bits per heavy atom. The van der Waals surface area contributed by atoms with Gasteiger partial charge in [0.1, 0.15) is 11.0 Å². The van der Waals surface area contributed by atoms with Crippen molar-refractivity contribution in [2.45, 2.75) is 82.1 Å². The quantitative estimate of drug-likeness (QED) is 0.846. The van der Waals surface area contributed by atoms with Crippen LogP contribution in [0.5, 0.6) is 0 Å². The number of carbonyl (C=O) groups is 1. The van der Waals surface area contributed by atoms with Crippen molar-refractivity contribution in [3.8, 4) is 0 Å². The largest absolute Gasteiger partial charge is 0.615 e. The Labute approximate surface area is 141 Å². The van der Waals surface area contributed by atoms with Crippen molar-refractivity contribution in [2.75, 3.05) is 5.32 Å². The fourth-order valence-electron chi connectivity index (χ4n) is 2.74. The Kier molecular flexibility index (Phi) is 5.46. The van der Waals surface area contributed by atoms with E-state index in [1.807, 2.05) is 20.8 Å². The summed E-state index contributed by atoms with van der Waals surface area (Å²) in [6.07, 6.45) is 5.30. The van der Waals surface area contributed by atoms with Gasteiger partial charge in [-0.2, -0.15) is 0 Å². The van der Waals surface area contributed by atoms with Gasteiger partial charge in [0.25, 0.3) is 5.91 Å². The highest BCUT2D eigenvalue weighted by molar-refractivity contribution is 7.94. The van der Waals surface area contributed by atoms with E-state index in [0.29, 0.717) is 11.6 Å². The molecular weight excluding hydrogens is 312 g/mol. The summed E-state index contributed by atoms with van der Waals surface area (Å²) in [5.41, 5.74) is -0.170. The molecule has 1 atom stereocenters. The average molecular weight is 340 g/mol. The molecule has 1 amide bonds. The van der Waals surface area contributed by atoms with Crippen molar-refractivity contribution in [1.82, 2.24) is 5.16 Å². The second kappa shape index (κ2) is 6.85. The molecule has 6 heteroatoms. The molecule has 0 aliphatic heterocycles. The Morgan fingerprint density at radius 2 is 1.87 bits per heavy atom. The number of hydrogen-bond acceptors (Lipinski definition) is 4. The third-order valence-electron chi connectivity index (χ3n) is 4.40. The van der Waals surface area contributed by atoms with E-state index in [4.69, 9.17) is 4.52 Å². The third-order valence-corrected chi connectivity index (χ3v) is 6.66. The van der Waals surface area contributed by atoms with Gasteiger partial charge in [0.15, 0.2) is 10.6 Å². The Hall–Kier alpha value is -1.01. The highest BCUT2D eigenvalue weighted by atomic mass is 32.2. The average Bonchev–Trinajstić information content (AvgIpc) is 2.96. The fraction of sp³-hybridized carbons (Fsp3) is 0.765. The van der Waals surface area contributed by atoms with Crippen LogP contribution in [-0.2, 0) is 21.4 Å². The number of anilines is 1. The standard InChI is InChI=1S/C17H28N2O3S/c1-16(2,3)13-11-14(19-22-13)18-15(20)17(4,5)23(21)12-9-7-6-8-10-12/h11-12H,6-10H2,1-5H3,(H,18,19,20). The first-order valence-electron chi connectivity index (χ1n) is 8.31. The van der Waals surface area contributed by atoms with Crippen molar-refractivity contribution in [3.63, 3.8) is 0 Å². The van der Waals surface area contributed by atoms with Crippen molar-refractivity contribution in [3.05, 3.63) is 11.8 Å². The maximum Gasteiger partial charge on any atom is 0.281 e. The van der Waals surface area contributed by atoms with Crippen LogP contribution in [0.25, 0.3) is 0 Å². The van der Waals surface area contributed by atoms with E-state index in [1.165, 1.54) is 6.42 Å². The van der Waals surface area contributed by atoms with E-state index in [-0.39, 0.29) is 16.6 Å². The maximum atomic E-state index is 12.8. The molecule has 0 bridgehead atoms. The Morgan fingerprint density at radius 1 is 1.26 bits per heavy atom. The topological polar surface area (TPSA) is 78.2 Å². The van der Waals surface area contributed by atoms with Gasteiger partial charge in [-0.1, -0.05) is 32.3 Å². The summed E-state index contributed by atoms with van der Waals surface area (Å²) in [4.78, 5) is 12.6. The van der Waals surface area contributed by atoms with Crippen LogP contribution >= 0.6 is 0 Å². The van der Waals surface area contributed by atoms with Gasteiger partial charge >= 0.3 is 0 Å². The lowest BCUT2D eigenvalue weighted by atomic mass is 9.93. The summed E-state index contributed by atoms with van der Waals surface area (Å²) in [7, 11) is 0. The van der Waals surface area contributed by atoms with E-state index in [0.717, 1.165) is 25.7 Å². The Balaban J connectivity index is 2.04. The minimum Gasteiger partial charge on any atom is -0.615 e. The number of nitrogens with zero attached hydrogens (tertiary/aromatic N) is 1. The Bertz CT molecular complexity index is 542. The number of amides is 1. The molecule has 1 N–H and O–H groups in total. The van der Waals surface area contributed by atoms with Gasteiger partial charge in [-0.05, 0) is 50.7 Å². The van der Waals surface area contributed by atoms with Crippen molar-refractivity contribution in [2.24, 2.45) is 0 Å². The highest BCUT2D eigenvalue weighted by Crippen LogP contribution is 2.32. The number of carbonyl (C=O) groups excluding carboxylic acids is 1. The molecule has 0 spiro atoms. The summed E-state index contributed by atoms with van der Waals surface area (Å²) in [5, 5.41) is 6.78. The lowest BCUT2D eigenvalue weighted by molar-refractivity contribution is -0.117. The number of nitrogens with one attached hydrogen (secondary N) is 1. The predicted octanol–water partition coefficient (Wildman–Crippen LogP) is 3.77. The van der Waals surface area contributed by atoms with Gasteiger partial charge in [0, 0.05) is 11.5 Å². The first kappa shape index (κ1) is 18.3. The molecule has 0 radical (unpaired) electrons. The van der Waals surface area contributed by atoms with E-state index < -0.39 is 15.9 Å². The summed E-state index contributed by atoms with van der Waals surface area (Å²) in [6, 6.07) is 1.73. The van der Waals surface area contributed by atoms with Crippen LogP contribution in [0.4, 0.5) is 5.82 Å². The normalized spacial score (nSPS) is 18.7. The molecule has 1 aromatic rings. The first-order chi connectivity index (χ1) is 10.6. The highest BCUT2D eigenvalue weighted by Gasteiger charge is 2.45. The minimum atomic E-state index is -1.20. The third kappa shape index (κ3) is 4.29. The maximum absolute atomic E-state index is 12.8. The van der Waals surface area contributed by atoms with Crippen LogP contribution in [-0.4, -0.2) is 25.6 Å². The van der Waals surface area contributed by atoms with Crippen molar-refractivity contribution < 1.29 is 13.9 Å². The smallest absolute Gasteiger partial charge is 0.281 e. The van der Waals surface area contributed by atoms with Crippen LogP contribution in [0.1, 0.15) is 72.5 Å². The van der Waals surface area contributed by atoms with Crippen molar-refractivity contribution in [1.29, 1.82) is 0 Å². The zero-order valence-electron chi connectivity index (χ0n) is 14.8. The summed E-state index contributed by atoms with van der Waals surface area (Å²) >= 11 is -1.20. The van der Waals surface area contributed by atoms with Gasteiger partial charge < -0.3 is 14.4 Å². The van der Waals surface area contributed by atoms with Crippen LogP contribution in [0.3, 0.4) is 0 Å². The van der Waals surface area contributed by atoms with E-state index in [1.54, 1.807) is 19.9 Å².